The highest BCUT2D eigenvalue weighted by molar-refractivity contribution is 6.01. The third-order valence-corrected chi connectivity index (χ3v) is 4.80. The van der Waals surface area contributed by atoms with Crippen LogP contribution in [0.5, 0.6) is 0 Å². The van der Waals surface area contributed by atoms with E-state index in [1.54, 1.807) is 12.1 Å². The van der Waals surface area contributed by atoms with Crippen molar-refractivity contribution in [3.8, 4) is 0 Å². The number of hydrogen-bond acceptors (Lipinski definition) is 5. The summed E-state index contributed by atoms with van der Waals surface area (Å²) in [6.45, 7) is 3.82. The summed E-state index contributed by atoms with van der Waals surface area (Å²) in [5.41, 5.74) is 1.15. The Bertz CT molecular complexity index is 609. The first kappa shape index (κ1) is 16.9. The van der Waals surface area contributed by atoms with Gasteiger partial charge in [-0.2, -0.15) is 0 Å². The molecule has 1 N–H and O–H groups in total. The maximum Gasteiger partial charge on any atom is 0.312 e. The maximum atomic E-state index is 13.0. The van der Waals surface area contributed by atoms with Crippen molar-refractivity contribution in [1.29, 1.82) is 0 Å². The Hall–Kier alpha value is -1.95. The van der Waals surface area contributed by atoms with Gasteiger partial charge in [0.25, 0.3) is 0 Å². The molecule has 5 nitrogen and oxygen atoms in total. The molecule has 1 unspecified atom stereocenters. The molecule has 2 aliphatic heterocycles. The predicted octanol–water partition coefficient (Wildman–Crippen LogP) is 2.64. The van der Waals surface area contributed by atoms with E-state index in [4.69, 9.17) is 9.57 Å². The van der Waals surface area contributed by atoms with Gasteiger partial charge in [-0.3, -0.25) is 4.79 Å². The molecular weight excluding hydrogens is 311 g/mol. The van der Waals surface area contributed by atoms with Crippen LogP contribution < -0.4 is 5.32 Å². The highest BCUT2D eigenvalue weighted by atomic mass is 19.1. The summed E-state index contributed by atoms with van der Waals surface area (Å²) < 4.78 is 18.4. The highest BCUT2D eigenvalue weighted by Crippen LogP contribution is 2.38. The fraction of sp³-hybridized carbons (Fsp3) is 0.556. The van der Waals surface area contributed by atoms with Crippen LogP contribution in [0.15, 0.2) is 29.4 Å². The lowest BCUT2D eigenvalue weighted by atomic mass is 9.74. The Morgan fingerprint density at radius 3 is 2.75 bits per heavy atom. The first-order valence-corrected chi connectivity index (χ1v) is 8.49. The largest absolute Gasteiger partial charge is 0.466 e. The molecule has 3 rings (SSSR count). The van der Waals surface area contributed by atoms with Crippen molar-refractivity contribution in [3.05, 3.63) is 35.6 Å². The number of hydrogen-bond donors (Lipinski definition) is 1. The molecule has 1 atom stereocenters. The molecule has 0 amide bonds. The summed E-state index contributed by atoms with van der Waals surface area (Å²) in [5, 5.41) is 7.43. The van der Waals surface area contributed by atoms with E-state index in [2.05, 4.69) is 10.5 Å². The van der Waals surface area contributed by atoms with E-state index in [9.17, 15) is 9.18 Å². The van der Waals surface area contributed by atoms with Gasteiger partial charge in [-0.1, -0.05) is 17.3 Å². The summed E-state index contributed by atoms with van der Waals surface area (Å²) >= 11 is 0. The number of oxime groups is 1. The van der Waals surface area contributed by atoms with Crippen molar-refractivity contribution in [1.82, 2.24) is 5.32 Å². The number of piperidine rings is 1. The topological polar surface area (TPSA) is 59.9 Å². The quantitative estimate of drug-likeness (QED) is 0.841. The fourth-order valence-corrected chi connectivity index (χ4v) is 3.47. The number of rotatable bonds is 5. The zero-order valence-corrected chi connectivity index (χ0v) is 13.9. The van der Waals surface area contributed by atoms with E-state index >= 15 is 0 Å². The van der Waals surface area contributed by atoms with Crippen LogP contribution in [-0.4, -0.2) is 37.5 Å². The van der Waals surface area contributed by atoms with Crippen LogP contribution in [0, 0.1) is 11.2 Å². The van der Waals surface area contributed by atoms with Gasteiger partial charge < -0.3 is 14.9 Å². The van der Waals surface area contributed by atoms with E-state index in [-0.39, 0.29) is 17.9 Å². The first-order chi connectivity index (χ1) is 11.6. The zero-order chi connectivity index (χ0) is 17.0. The van der Waals surface area contributed by atoms with Crippen LogP contribution in [-0.2, 0) is 14.4 Å². The minimum absolute atomic E-state index is 0.134. The SMILES string of the molecule is CCOC(=O)C1(CC2CC(c3ccc(F)cc3)=NO2)CCNCC1. The van der Waals surface area contributed by atoms with Crippen molar-refractivity contribution < 1.29 is 18.8 Å². The number of carbonyl (C=O) groups is 1. The van der Waals surface area contributed by atoms with Crippen molar-refractivity contribution >= 4 is 11.7 Å². The van der Waals surface area contributed by atoms with Gasteiger partial charge in [0.2, 0.25) is 0 Å². The third kappa shape index (κ3) is 3.59. The van der Waals surface area contributed by atoms with Crippen molar-refractivity contribution in [2.24, 2.45) is 10.6 Å². The van der Waals surface area contributed by atoms with Gasteiger partial charge in [-0.05, 0) is 50.6 Å². The lowest BCUT2D eigenvalue weighted by molar-refractivity contribution is -0.160. The minimum Gasteiger partial charge on any atom is -0.466 e. The van der Waals surface area contributed by atoms with Crippen LogP contribution in [0.2, 0.25) is 0 Å². The second-order valence-corrected chi connectivity index (χ2v) is 6.43. The molecule has 6 heteroatoms. The normalized spacial score (nSPS) is 22.6. The van der Waals surface area contributed by atoms with Crippen LogP contribution in [0.25, 0.3) is 0 Å². The Morgan fingerprint density at radius 2 is 2.08 bits per heavy atom. The first-order valence-electron chi connectivity index (χ1n) is 8.49. The summed E-state index contributed by atoms with van der Waals surface area (Å²) in [7, 11) is 0. The van der Waals surface area contributed by atoms with Gasteiger partial charge in [-0.15, -0.1) is 0 Å². The summed E-state index contributed by atoms with van der Waals surface area (Å²) in [5.74, 6) is -0.406. The van der Waals surface area contributed by atoms with Gasteiger partial charge >= 0.3 is 5.97 Å². The lowest BCUT2D eigenvalue weighted by Crippen LogP contribution is -2.45. The second-order valence-electron chi connectivity index (χ2n) is 6.43. The highest BCUT2D eigenvalue weighted by Gasteiger charge is 2.44. The summed E-state index contributed by atoms with van der Waals surface area (Å²) in [6, 6.07) is 6.23. The number of benzene rings is 1. The minimum atomic E-state index is -0.500. The molecule has 1 saturated heterocycles. The number of nitrogens with one attached hydrogen (secondary N) is 1. The third-order valence-electron chi connectivity index (χ3n) is 4.80. The van der Waals surface area contributed by atoms with E-state index < -0.39 is 5.41 Å². The summed E-state index contributed by atoms with van der Waals surface area (Å²) in [6.07, 6.45) is 2.57. The molecule has 1 aromatic carbocycles. The number of nitrogens with zero attached hydrogens (tertiary/aromatic N) is 1. The number of carbonyl (C=O) groups excluding carboxylic acids is 1. The maximum absolute atomic E-state index is 13.0. The Labute approximate surface area is 141 Å². The molecule has 0 radical (unpaired) electrons. The van der Waals surface area contributed by atoms with Crippen LogP contribution in [0.3, 0.4) is 0 Å². The van der Waals surface area contributed by atoms with E-state index in [1.165, 1.54) is 12.1 Å². The predicted molar refractivity (Wildman–Crippen MR) is 88.2 cm³/mol. The van der Waals surface area contributed by atoms with Crippen molar-refractivity contribution in [3.63, 3.8) is 0 Å². The van der Waals surface area contributed by atoms with Gasteiger partial charge in [0.15, 0.2) is 0 Å². The Kier molecular flexibility index (Phi) is 5.14. The van der Waals surface area contributed by atoms with Crippen molar-refractivity contribution in [2.45, 2.75) is 38.7 Å². The van der Waals surface area contributed by atoms with Crippen LogP contribution in [0.4, 0.5) is 4.39 Å². The van der Waals surface area contributed by atoms with Crippen molar-refractivity contribution in [2.75, 3.05) is 19.7 Å². The molecule has 1 aromatic rings. The standard InChI is InChI=1S/C18H23FN2O3/c1-2-23-17(22)18(7-9-20-10-8-18)12-15-11-16(21-24-15)13-3-5-14(19)6-4-13/h3-6,15,20H,2,7-12H2,1H3. The van der Waals surface area contributed by atoms with Gasteiger partial charge in [0.05, 0.1) is 17.7 Å². The van der Waals surface area contributed by atoms with Gasteiger partial charge in [0, 0.05) is 12.8 Å². The molecule has 0 bridgehead atoms. The van der Waals surface area contributed by atoms with E-state index in [0.29, 0.717) is 19.4 Å². The van der Waals surface area contributed by atoms with Gasteiger partial charge in [-0.25, -0.2) is 4.39 Å². The molecule has 0 aromatic heterocycles. The molecule has 0 saturated carbocycles. The van der Waals surface area contributed by atoms with E-state index in [0.717, 1.165) is 37.2 Å². The molecule has 2 aliphatic rings. The second kappa shape index (κ2) is 7.30. The van der Waals surface area contributed by atoms with Gasteiger partial charge in [0.1, 0.15) is 11.9 Å². The number of ether oxygens (including phenoxy) is 1. The Balaban J connectivity index is 1.66. The molecule has 0 aliphatic carbocycles. The average molecular weight is 334 g/mol. The monoisotopic (exact) mass is 334 g/mol. The molecular formula is C18H23FN2O3. The Morgan fingerprint density at radius 1 is 1.38 bits per heavy atom. The number of halogens is 1. The molecule has 2 heterocycles. The van der Waals surface area contributed by atoms with Crippen LogP contribution >= 0.6 is 0 Å². The smallest absolute Gasteiger partial charge is 0.312 e. The van der Waals surface area contributed by atoms with E-state index in [1.807, 2.05) is 6.92 Å². The summed E-state index contributed by atoms with van der Waals surface area (Å²) in [4.78, 5) is 18.1. The zero-order valence-electron chi connectivity index (χ0n) is 13.9. The average Bonchev–Trinajstić information content (AvgIpc) is 3.05. The molecule has 1 fully saturated rings. The van der Waals surface area contributed by atoms with Crippen LogP contribution in [0.1, 0.15) is 38.2 Å². The molecule has 0 spiro atoms. The molecule has 130 valence electrons. The number of esters is 1. The fourth-order valence-electron chi connectivity index (χ4n) is 3.47. The molecule has 24 heavy (non-hydrogen) atoms. The lowest BCUT2D eigenvalue weighted by Gasteiger charge is -2.36.